The zero-order valence-corrected chi connectivity index (χ0v) is 24.8. The van der Waals surface area contributed by atoms with Crippen LogP contribution in [0.2, 0.25) is 0 Å². The lowest BCUT2D eigenvalue weighted by Crippen LogP contribution is -2.52. The highest BCUT2D eigenvalue weighted by atomic mass is 32.2. The molecular formula is C30H31N3O7S2. The summed E-state index contributed by atoms with van der Waals surface area (Å²) in [4.78, 5) is 27.6. The smallest absolute Gasteiger partial charge is 0.341 e. The summed E-state index contributed by atoms with van der Waals surface area (Å²) in [5.41, 5.74) is 0.759. The average molecular weight is 610 g/mol. The van der Waals surface area contributed by atoms with Crippen LogP contribution >= 0.6 is 0 Å². The van der Waals surface area contributed by atoms with Gasteiger partial charge in [-0.15, -0.1) is 4.40 Å². The van der Waals surface area contributed by atoms with E-state index < -0.39 is 37.4 Å². The minimum Gasteiger partial charge on any atom is -0.341 e. The Hall–Kier alpha value is -3.87. The number of carbonyl (C=O) groups excluding carboxylic acids is 2. The highest BCUT2D eigenvalue weighted by Crippen LogP contribution is 2.45. The third kappa shape index (κ3) is 5.49. The topological polar surface area (TPSA) is 148 Å². The molecular weight excluding hydrogens is 578 g/mol. The Balaban J connectivity index is 1.46. The minimum absolute atomic E-state index is 0.0607. The zero-order valence-electron chi connectivity index (χ0n) is 23.2. The van der Waals surface area contributed by atoms with Gasteiger partial charge < -0.3 is 5.32 Å². The van der Waals surface area contributed by atoms with Crippen LogP contribution in [-0.4, -0.2) is 34.2 Å². The summed E-state index contributed by atoms with van der Waals surface area (Å²) >= 11 is 0. The lowest BCUT2D eigenvalue weighted by molar-refractivity contribution is -0.126. The van der Waals surface area contributed by atoms with E-state index in [0.717, 1.165) is 6.07 Å². The van der Waals surface area contributed by atoms with Gasteiger partial charge in [-0.05, 0) is 42.2 Å². The number of hydrogen-bond acceptors (Lipinski definition) is 8. The molecule has 0 fully saturated rings. The fourth-order valence-electron chi connectivity index (χ4n) is 5.80. The SMILES string of the molecule is CCCC1(CCC)C(=O)C(C2=NS(=O)(=O)c3cc(NS(=O)(=O)OCc4ccccc4)ccc3N2)C(=O)c2ccccc21. The standard InChI is InChI=1S/C30H31N3O7S2/c1-3-16-30(17-4-2)23-13-9-8-12-22(23)27(34)26(28(30)35)29-31-24-15-14-21(18-25(24)41(36,37)33-29)32-42(38,39)40-19-20-10-6-5-7-11-20/h5-15,18,26,32H,3-4,16-17,19H2,1-2H3,(H,31,33). The van der Waals surface area contributed by atoms with Crippen molar-refractivity contribution in [3.05, 3.63) is 89.5 Å². The van der Waals surface area contributed by atoms with Gasteiger partial charge in [0.25, 0.3) is 10.0 Å². The largest absolute Gasteiger partial charge is 0.360 e. The molecule has 10 nitrogen and oxygen atoms in total. The maximum absolute atomic E-state index is 14.2. The number of fused-ring (bicyclic) bond motifs is 2. The van der Waals surface area contributed by atoms with Gasteiger partial charge in [0.15, 0.2) is 11.6 Å². The van der Waals surface area contributed by atoms with Crippen molar-refractivity contribution in [3.63, 3.8) is 0 Å². The zero-order chi connectivity index (χ0) is 30.1. The number of benzene rings is 3. The molecule has 42 heavy (non-hydrogen) atoms. The Bertz CT molecular complexity index is 1780. The Morgan fingerprint density at radius 2 is 1.62 bits per heavy atom. The fourth-order valence-corrected chi connectivity index (χ4v) is 7.75. The van der Waals surface area contributed by atoms with Gasteiger partial charge in [-0.2, -0.15) is 16.8 Å². The van der Waals surface area contributed by atoms with Gasteiger partial charge in [-0.25, -0.2) is 4.18 Å². The van der Waals surface area contributed by atoms with Crippen LogP contribution in [0.4, 0.5) is 11.4 Å². The van der Waals surface area contributed by atoms with Crippen molar-refractivity contribution in [1.82, 2.24) is 0 Å². The number of nitrogens with one attached hydrogen (secondary N) is 2. The number of anilines is 2. The maximum atomic E-state index is 14.2. The van der Waals surface area contributed by atoms with Crippen molar-refractivity contribution in [3.8, 4) is 0 Å². The molecule has 0 amide bonds. The van der Waals surface area contributed by atoms with Crippen LogP contribution in [0.25, 0.3) is 0 Å². The van der Waals surface area contributed by atoms with Crippen molar-refractivity contribution >= 4 is 49.1 Å². The number of Topliss-reactive ketones (excluding diaryl/α,β-unsaturated/α-hetero) is 2. The van der Waals surface area contributed by atoms with E-state index >= 15 is 0 Å². The average Bonchev–Trinajstić information content (AvgIpc) is 2.96. The third-order valence-corrected chi connectivity index (χ3v) is 9.78. The summed E-state index contributed by atoms with van der Waals surface area (Å²) in [6, 6.07) is 19.5. The van der Waals surface area contributed by atoms with Crippen molar-refractivity contribution in [2.75, 3.05) is 10.0 Å². The summed E-state index contributed by atoms with van der Waals surface area (Å²) < 4.78 is 62.8. The van der Waals surface area contributed by atoms with Gasteiger partial charge in [0, 0.05) is 5.56 Å². The summed E-state index contributed by atoms with van der Waals surface area (Å²) in [6.45, 7) is 3.72. The lowest BCUT2D eigenvalue weighted by atomic mass is 9.60. The molecule has 1 aliphatic heterocycles. The first-order valence-corrected chi connectivity index (χ1v) is 16.5. The molecule has 1 atom stereocenters. The molecule has 1 heterocycles. The molecule has 0 bridgehead atoms. The van der Waals surface area contributed by atoms with Gasteiger partial charge in [-0.3, -0.25) is 14.3 Å². The van der Waals surface area contributed by atoms with E-state index in [0.29, 0.717) is 42.4 Å². The van der Waals surface area contributed by atoms with Crippen LogP contribution in [-0.2, 0) is 41.3 Å². The van der Waals surface area contributed by atoms with Crippen LogP contribution in [0, 0.1) is 5.92 Å². The van der Waals surface area contributed by atoms with E-state index in [9.17, 15) is 26.4 Å². The van der Waals surface area contributed by atoms with Crippen molar-refractivity contribution in [1.29, 1.82) is 0 Å². The van der Waals surface area contributed by atoms with Crippen molar-refractivity contribution < 1.29 is 30.6 Å². The molecule has 1 aliphatic carbocycles. The Labute approximate surface area is 245 Å². The van der Waals surface area contributed by atoms with E-state index in [1.54, 1.807) is 54.6 Å². The summed E-state index contributed by atoms with van der Waals surface area (Å²) in [7, 11) is -8.70. The second kappa shape index (κ2) is 11.4. The minimum atomic E-state index is -4.41. The molecule has 0 radical (unpaired) electrons. The molecule has 5 rings (SSSR count). The van der Waals surface area contributed by atoms with Gasteiger partial charge in [0.05, 0.1) is 23.4 Å². The van der Waals surface area contributed by atoms with Crippen LogP contribution in [0.3, 0.4) is 0 Å². The number of rotatable bonds is 10. The summed E-state index contributed by atoms with van der Waals surface area (Å²) in [5, 5.41) is 2.89. The van der Waals surface area contributed by atoms with Crippen LogP contribution in [0.5, 0.6) is 0 Å². The molecule has 0 spiro atoms. The highest BCUT2D eigenvalue weighted by Gasteiger charge is 2.53. The number of ketones is 2. The molecule has 3 aromatic rings. The van der Waals surface area contributed by atoms with Gasteiger partial charge in [0.2, 0.25) is 0 Å². The lowest BCUT2D eigenvalue weighted by Gasteiger charge is -2.41. The quantitative estimate of drug-likeness (QED) is 0.306. The van der Waals surface area contributed by atoms with Crippen LogP contribution < -0.4 is 10.0 Å². The predicted molar refractivity (Wildman–Crippen MR) is 159 cm³/mol. The molecule has 1 unspecified atom stereocenters. The van der Waals surface area contributed by atoms with Gasteiger partial charge in [0.1, 0.15) is 16.6 Å². The van der Waals surface area contributed by atoms with Crippen molar-refractivity contribution in [2.45, 2.75) is 56.4 Å². The predicted octanol–water partition coefficient (Wildman–Crippen LogP) is 4.99. The summed E-state index contributed by atoms with van der Waals surface area (Å²) in [6.07, 6.45) is 2.39. The molecule has 12 heteroatoms. The van der Waals surface area contributed by atoms with E-state index in [1.807, 2.05) is 13.8 Å². The van der Waals surface area contributed by atoms with Gasteiger partial charge in [-0.1, -0.05) is 81.3 Å². The second-order valence-corrected chi connectivity index (χ2v) is 13.3. The number of sulfonamides is 1. The number of carbonyl (C=O) groups is 2. The molecule has 220 valence electrons. The maximum Gasteiger partial charge on any atom is 0.360 e. The van der Waals surface area contributed by atoms with Gasteiger partial charge >= 0.3 is 10.3 Å². The number of nitrogens with zero attached hydrogens (tertiary/aromatic N) is 1. The Morgan fingerprint density at radius 1 is 0.952 bits per heavy atom. The first kappa shape index (κ1) is 29.6. The molecule has 2 N–H and O–H groups in total. The molecule has 0 aromatic heterocycles. The summed E-state index contributed by atoms with van der Waals surface area (Å²) in [5.74, 6) is -2.57. The Morgan fingerprint density at radius 3 is 2.31 bits per heavy atom. The van der Waals surface area contributed by atoms with Crippen molar-refractivity contribution in [2.24, 2.45) is 10.3 Å². The third-order valence-electron chi connectivity index (χ3n) is 7.54. The Kier molecular flexibility index (Phi) is 8.06. The van der Waals surface area contributed by atoms with E-state index in [2.05, 4.69) is 14.4 Å². The fraction of sp³-hybridized carbons (Fsp3) is 0.300. The molecule has 3 aromatic carbocycles. The number of amidine groups is 1. The molecule has 0 saturated carbocycles. The van der Waals surface area contributed by atoms with Crippen LogP contribution in [0.1, 0.15) is 61.0 Å². The van der Waals surface area contributed by atoms with E-state index in [4.69, 9.17) is 4.18 Å². The first-order valence-electron chi connectivity index (χ1n) is 13.7. The normalized spacial score (nSPS) is 18.8. The van der Waals surface area contributed by atoms with Crippen LogP contribution in [0.15, 0.2) is 82.1 Å². The van der Waals surface area contributed by atoms with E-state index in [-0.39, 0.29) is 34.5 Å². The molecule has 0 saturated heterocycles. The molecule has 2 aliphatic rings. The first-order chi connectivity index (χ1) is 20.0. The monoisotopic (exact) mass is 609 g/mol. The van der Waals surface area contributed by atoms with E-state index in [1.165, 1.54) is 12.1 Å². The second-order valence-electron chi connectivity index (χ2n) is 10.4. The highest BCUT2D eigenvalue weighted by molar-refractivity contribution is 7.90. The number of hydrogen-bond donors (Lipinski definition) is 2.